The second-order valence-electron chi connectivity index (χ2n) is 8.43. The average Bonchev–Trinajstić information content (AvgIpc) is 2.36. The monoisotopic (exact) mass is 281 g/mol. The normalized spacial score (nSPS) is 28.1. The van der Waals surface area contributed by atoms with E-state index in [1.807, 2.05) is 0 Å². The standard InChI is InChI=1S/C19H39N/c1-7-8-9-12-19(5,6)14-20-18-13-16(4)10-11-17(18)15(2)3/h15-18,20H,7-14H2,1-6H3. The Balaban J connectivity index is 2.43. The molecular weight excluding hydrogens is 242 g/mol. The van der Waals surface area contributed by atoms with Crippen molar-refractivity contribution in [1.29, 1.82) is 0 Å². The number of rotatable bonds is 8. The second-order valence-corrected chi connectivity index (χ2v) is 8.43. The van der Waals surface area contributed by atoms with E-state index in [0.29, 0.717) is 5.41 Å². The predicted molar refractivity (Wildman–Crippen MR) is 91.1 cm³/mol. The summed E-state index contributed by atoms with van der Waals surface area (Å²) in [4.78, 5) is 0. The van der Waals surface area contributed by atoms with Crippen LogP contribution in [0.1, 0.15) is 86.5 Å². The van der Waals surface area contributed by atoms with Gasteiger partial charge in [0, 0.05) is 12.6 Å². The van der Waals surface area contributed by atoms with Crippen molar-refractivity contribution in [3.63, 3.8) is 0 Å². The van der Waals surface area contributed by atoms with Gasteiger partial charge in [0.1, 0.15) is 0 Å². The predicted octanol–water partition coefficient (Wildman–Crippen LogP) is 5.64. The van der Waals surface area contributed by atoms with E-state index < -0.39 is 0 Å². The van der Waals surface area contributed by atoms with E-state index in [1.165, 1.54) is 51.5 Å². The molecule has 3 unspecified atom stereocenters. The molecule has 1 heteroatoms. The minimum atomic E-state index is 0.456. The summed E-state index contributed by atoms with van der Waals surface area (Å²) in [6.45, 7) is 15.6. The third kappa shape index (κ3) is 6.16. The molecule has 0 amide bonds. The van der Waals surface area contributed by atoms with E-state index in [-0.39, 0.29) is 0 Å². The van der Waals surface area contributed by atoms with Crippen molar-refractivity contribution < 1.29 is 0 Å². The summed E-state index contributed by atoms with van der Waals surface area (Å²) < 4.78 is 0. The molecule has 0 aromatic heterocycles. The molecule has 0 saturated heterocycles. The van der Waals surface area contributed by atoms with Crippen LogP contribution in [0.25, 0.3) is 0 Å². The molecule has 1 saturated carbocycles. The maximum atomic E-state index is 3.95. The number of hydrogen-bond donors (Lipinski definition) is 1. The zero-order valence-electron chi connectivity index (χ0n) is 15.0. The molecule has 120 valence electrons. The Morgan fingerprint density at radius 3 is 2.45 bits per heavy atom. The minimum Gasteiger partial charge on any atom is -0.313 e. The first-order valence-electron chi connectivity index (χ1n) is 9.09. The first kappa shape index (κ1) is 18.0. The molecule has 1 aliphatic carbocycles. The van der Waals surface area contributed by atoms with Gasteiger partial charge in [0.15, 0.2) is 0 Å². The van der Waals surface area contributed by atoms with E-state index in [4.69, 9.17) is 0 Å². The van der Waals surface area contributed by atoms with E-state index in [1.54, 1.807) is 0 Å². The lowest BCUT2D eigenvalue weighted by molar-refractivity contribution is 0.153. The molecule has 0 heterocycles. The Labute approximate surface area is 128 Å². The summed E-state index contributed by atoms with van der Waals surface area (Å²) in [5.74, 6) is 2.62. The van der Waals surface area contributed by atoms with Crippen LogP contribution >= 0.6 is 0 Å². The third-order valence-corrected chi connectivity index (χ3v) is 5.32. The van der Waals surface area contributed by atoms with Gasteiger partial charge in [0.2, 0.25) is 0 Å². The highest BCUT2D eigenvalue weighted by molar-refractivity contribution is 4.87. The highest BCUT2D eigenvalue weighted by Gasteiger charge is 2.31. The van der Waals surface area contributed by atoms with Gasteiger partial charge in [-0.2, -0.15) is 0 Å². The van der Waals surface area contributed by atoms with Gasteiger partial charge in [-0.05, 0) is 42.4 Å². The Kier molecular flexibility index (Phi) is 7.58. The van der Waals surface area contributed by atoms with Crippen LogP contribution in [0.4, 0.5) is 0 Å². The highest BCUT2D eigenvalue weighted by atomic mass is 14.9. The van der Waals surface area contributed by atoms with Crippen molar-refractivity contribution >= 4 is 0 Å². The zero-order valence-corrected chi connectivity index (χ0v) is 15.0. The van der Waals surface area contributed by atoms with Crippen LogP contribution in [0, 0.1) is 23.2 Å². The van der Waals surface area contributed by atoms with Crippen LogP contribution in [0.15, 0.2) is 0 Å². The fraction of sp³-hybridized carbons (Fsp3) is 1.00. The topological polar surface area (TPSA) is 12.0 Å². The van der Waals surface area contributed by atoms with Crippen molar-refractivity contribution in [3.05, 3.63) is 0 Å². The van der Waals surface area contributed by atoms with Crippen molar-refractivity contribution in [2.75, 3.05) is 6.54 Å². The molecule has 1 nitrogen and oxygen atoms in total. The Morgan fingerprint density at radius 2 is 1.85 bits per heavy atom. The molecule has 0 aliphatic heterocycles. The quantitative estimate of drug-likeness (QED) is 0.567. The fourth-order valence-corrected chi connectivity index (χ4v) is 3.79. The van der Waals surface area contributed by atoms with Crippen molar-refractivity contribution in [2.45, 2.75) is 92.5 Å². The number of nitrogens with one attached hydrogen (secondary N) is 1. The Bertz CT molecular complexity index is 256. The largest absolute Gasteiger partial charge is 0.313 e. The number of unbranched alkanes of at least 4 members (excludes halogenated alkanes) is 2. The summed E-state index contributed by atoms with van der Waals surface area (Å²) >= 11 is 0. The summed E-state index contributed by atoms with van der Waals surface area (Å²) in [7, 11) is 0. The molecule has 3 atom stereocenters. The number of hydrogen-bond acceptors (Lipinski definition) is 1. The first-order chi connectivity index (χ1) is 9.35. The van der Waals surface area contributed by atoms with Gasteiger partial charge < -0.3 is 5.32 Å². The van der Waals surface area contributed by atoms with Gasteiger partial charge in [-0.15, -0.1) is 0 Å². The molecule has 1 rings (SSSR count). The van der Waals surface area contributed by atoms with Gasteiger partial charge in [-0.25, -0.2) is 0 Å². The molecule has 0 aromatic rings. The Hall–Kier alpha value is -0.0400. The molecular formula is C19H39N. The van der Waals surface area contributed by atoms with Crippen molar-refractivity contribution in [3.8, 4) is 0 Å². The van der Waals surface area contributed by atoms with Crippen LogP contribution in [-0.4, -0.2) is 12.6 Å². The van der Waals surface area contributed by atoms with Gasteiger partial charge in [0.05, 0.1) is 0 Å². The van der Waals surface area contributed by atoms with Crippen LogP contribution in [-0.2, 0) is 0 Å². The van der Waals surface area contributed by atoms with E-state index >= 15 is 0 Å². The SMILES string of the molecule is CCCCCC(C)(C)CNC1CC(C)CCC1C(C)C. The van der Waals surface area contributed by atoms with E-state index in [9.17, 15) is 0 Å². The summed E-state index contributed by atoms with van der Waals surface area (Å²) in [6, 6.07) is 0.754. The summed E-state index contributed by atoms with van der Waals surface area (Å²) in [5, 5.41) is 3.95. The van der Waals surface area contributed by atoms with Crippen LogP contribution in [0.3, 0.4) is 0 Å². The second kappa shape index (κ2) is 8.41. The lowest BCUT2D eigenvalue weighted by Crippen LogP contribution is -2.46. The van der Waals surface area contributed by atoms with Crippen molar-refractivity contribution in [1.82, 2.24) is 5.32 Å². The van der Waals surface area contributed by atoms with Gasteiger partial charge in [0.25, 0.3) is 0 Å². The molecule has 0 aromatic carbocycles. The van der Waals surface area contributed by atoms with E-state index in [0.717, 1.165) is 23.8 Å². The summed E-state index contributed by atoms with van der Waals surface area (Å²) in [6.07, 6.45) is 9.71. The summed E-state index contributed by atoms with van der Waals surface area (Å²) in [5.41, 5.74) is 0.456. The zero-order chi connectivity index (χ0) is 15.2. The average molecular weight is 282 g/mol. The molecule has 0 radical (unpaired) electrons. The maximum absolute atomic E-state index is 3.95. The van der Waals surface area contributed by atoms with Crippen LogP contribution < -0.4 is 5.32 Å². The first-order valence-corrected chi connectivity index (χ1v) is 9.09. The van der Waals surface area contributed by atoms with E-state index in [2.05, 4.69) is 46.9 Å². The minimum absolute atomic E-state index is 0.456. The van der Waals surface area contributed by atoms with Gasteiger partial charge >= 0.3 is 0 Å². The third-order valence-electron chi connectivity index (χ3n) is 5.32. The smallest absolute Gasteiger partial charge is 0.0100 e. The van der Waals surface area contributed by atoms with Gasteiger partial charge in [-0.1, -0.05) is 67.2 Å². The lowest BCUT2D eigenvalue weighted by atomic mass is 9.73. The molecule has 0 spiro atoms. The fourth-order valence-electron chi connectivity index (χ4n) is 3.79. The molecule has 20 heavy (non-hydrogen) atoms. The Morgan fingerprint density at radius 1 is 1.15 bits per heavy atom. The molecule has 0 bridgehead atoms. The molecule has 1 fully saturated rings. The van der Waals surface area contributed by atoms with Crippen molar-refractivity contribution in [2.24, 2.45) is 23.2 Å². The van der Waals surface area contributed by atoms with Crippen LogP contribution in [0.2, 0.25) is 0 Å². The van der Waals surface area contributed by atoms with Gasteiger partial charge in [-0.3, -0.25) is 0 Å². The maximum Gasteiger partial charge on any atom is 0.0100 e. The van der Waals surface area contributed by atoms with Crippen LogP contribution in [0.5, 0.6) is 0 Å². The highest BCUT2D eigenvalue weighted by Crippen LogP contribution is 2.34. The lowest BCUT2D eigenvalue weighted by Gasteiger charge is -2.40. The molecule has 1 aliphatic rings. The molecule has 1 N–H and O–H groups in total.